The lowest BCUT2D eigenvalue weighted by atomic mass is 9.96. The minimum atomic E-state index is -0.517. The van der Waals surface area contributed by atoms with Crippen LogP contribution >= 0.6 is 0 Å². The molecule has 0 heterocycles. The Morgan fingerprint density at radius 2 is 1.94 bits per heavy atom. The fraction of sp³-hybridized carbons (Fsp3) is 0.571. The number of ether oxygens (including phenoxy) is 1. The third-order valence-corrected chi connectivity index (χ3v) is 2.93. The van der Waals surface area contributed by atoms with Gasteiger partial charge in [-0.15, -0.1) is 0 Å². The minimum absolute atomic E-state index is 0.177. The zero-order valence-electron chi connectivity index (χ0n) is 10.9. The van der Waals surface area contributed by atoms with Crippen LogP contribution in [0.2, 0.25) is 0 Å². The van der Waals surface area contributed by atoms with E-state index in [1.54, 1.807) is 7.11 Å². The maximum atomic E-state index is 10.2. The summed E-state index contributed by atoms with van der Waals surface area (Å²) in [7, 11) is 1.62. The second kappa shape index (κ2) is 6.62. The molecule has 17 heavy (non-hydrogen) atoms. The highest BCUT2D eigenvalue weighted by molar-refractivity contribution is 5.44. The summed E-state index contributed by atoms with van der Waals surface area (Å²) in [5, 5.41) is 18.9. The third-order valence-electron chi connectivity index (χ3n) is 2.93. The molecule has 1 atom stereocenters. The molecule has 96 valence electrons. The van der Waals surface area contributed by atoms with E-state index in [4.69, 9.17) is 9.84 Å². The normalized spacial score (nSPS) is 12.5. The summed E-state index contributed by atoms with van der Waals surface area (Å²) in [6, 6.07) is 3.99. The van der Waals surface area contributed by atoms with Crippen molar-refractivity contribution >= 4 is 0 Å². The predicted molar refractivity (Wildman–Crippen MR) is 68.4 cm³/mol. The second-order valence-electron chi connectivity index (χ2n) is 4.43. The Hall–Kier alpha value is -1.06. The first-order valence-electron chi connectivity index (χ1n) is 6.04. The first kappa shape index (κ1) is 14.0. The average molecular weight is 238 g/mol. The van der Waals surface area contributed by atoms with Crippen LogP contribution in [0.4, 0.5) is 0 Å². The number of methoxy groups -OCH3 is 1. The lowest BCUT2D eigenvalue weighted by molar-refractivity contribution is 0.155. The molecule has 3 nitrogen and oxygen atoms in total. The van der Waals surface area contributed by atoms with Crippen molar-refractivity contribution in [2.45, 2.75) is 39.2 Å². The van der Waals surface area contributed by atoms with E-state index in [1.807, 2.05) is 26.0 Å². The van der Waals surface area contributed by atoms with Gasteiger partial charge in [-0.25, -0.2) is 0 Å². The Labute approximate surface area is 103 Å². The highest BCUT2D eigenvalue weighted by Gasteiger charge is 2.16. The van der Waals surface area contributed by atoms with Gasteiger partial charge in [0.05, 0.1) is 13.2 Å². The lowest BCUT2D eigenvalue weighted by Gasteiger charge is -2.18. The SMILES string of the molecule is COc1cc(C)cc(C)c1C(O)CCCCO. The number of hydrogen-bond acceptors (Lipinski definition) is 3. The van der Waals surface area contributed by atoms with Crippen molar-refractivity contribution in [2.24, 2.45) is 0 Å². The summed E-state index contributed by atoms with van der Waals surface area (Å²) in [5.41, 5.74) is 3.06. The largest absolute Gasteiger partial charge is 0.496 e. The van der Waals surface area contributed by atoms with Crippen LogP contribution in [0.15, 0.2) is 12.1 Å². The van der Waals surface area contributed by atoms with E-state index in [-0.39, 0.29) is 6.61 Å². The number of rotatable bonds is 6. The molecule has 2 N–H and O–H groups in total. The Kier molecular flexibility index (Phi) is 5.45. The van der Waals surface area contributed by atoms with Crippen LogP contribution < -0.4 is 4.74 Å². The molecule has 0 radical (unpaired) electrons. The van der Waals surface area contributed by atoms with Gasteiger partial charge in [0.25, 0.3) is 0 Å². The van der Waals surface area contributed by atoms with Gasteiger partial charge >= 0.3 is 0 Å². The van der Waals surface area contributed by atoms with Crippen LogP contribution in [0.3, 0.4) is 0 Å². The molecule has 0 spiro atoms. The number of aryl methyl sites for hydroxylation is 2. The number of hydrogen-bond donors (Lipinski definition) is 2. The van der Waals surface area contributed by atoms with Gasteiger partial charge in [0.15, 0.2) is 0 Å². The maximum absolute atomic E-state index is 10.2. The Balaban J connectivity index is 2.87. The van der Waals surface area contributed by atoms with Crippen molar-refractivity contribution in [3.63, 3.8) is 0 Å². The molecular weight excluding hydrogens is 216 g/mol. The standard InChI is InChI=1S/C14H22O3/c1-10-8-11(2)14(13(9-10)17-3)12(16)6-4-5-7-15/h8-9,12,15-16H,4-7H2,1-3H3. The molecule has 0 fully saturated rings. The first-order valence-corrected chi connectivity index (χ1v) is 6.04. The fourth-order valence-electron chi connectivity index (χ4n) is 2.13. The predicted octanol–water partition coefficient (Wildman–Crippen LogP) is 2.51. The van der Waals surface area contributed by atoms with E-state index >= 15 is 0 Å². The zero-order chi connectivity index (χ0) is 12.8. The lowest BCUT2D eigenvalue weighted by Crippen LogP contribution is -2.04. The van der Waals surface area contributed by atoms with Crippen molar-refractivity contribution in [1.29, 1.82) is 0 Å². The third kappa shape index (κ3) is 3.72. The van der Waals surface area contributed by atoms with Gasteiger partial charge in [-0.05, 0) is 50.3 Å². The van der Waals surface area contributed by atoms with E-state index in [0.717, 1.165) is 35.3 Å². The molecule has 0 amide bonds. The van der Waals surface area contributed by atoms with Gasteiger partial charge in [-0.1, -0.05) is 6.07 Å². The van der Waals surface area contributed by atoms with Gasteiger partial charge in [0.1, 0.15) is 5.75 Å². The molecule has 0 aliphatic heterocycles. The van der Waals surface area contributed by atoms with Crippen molar-refractivity contribution in [1.82, 2.24) is 0 Å². The summed E-state index contributed by atoms with van der Waals surface area (Å²) in [4.78, 5) is 0. The fourth-order valence-corrected chi connectivity index (χ4v) is 2.13. The van der Waals surface area contributed by atoms with E-state index < -0.39 is 6.10 Å². The molecule has 1 aromatic rings. The van der Waals surface area contributed by atoms with E-state index in [9.17, 15) is 5.11 Å². The first-order chi connectivity index (χ1) is 8.10. The summed E-state index contributed by atoms with van der Waals surface area (Å²) in [5.74, 6) is 0.749. The van der Waals surface area contributed by atoms with Gasteiger partial charge in [0, 0.05) is 12.2 Å². The van der Waals surface area contributed by atoms with Crippen LogP contribution in [0.5, 0.6) is 5.75 Å². The van der Waals surface area contributed by atoms with Crippen LogP contribution in [0.25, 0.3) is 0 Å². The van der Waals surface area contributed by atoms with E-state index in [1.165, 1.54) is 0 Å². The summed E-state index contributed by atoms with van der Waals surface area (Å²) in [6.07, 6.45) is 1.68. The van der Waals surface area contributed by atoms with Gasteiger partial charge < -0.3 is 14.9 Å². The monoisotopic (exact) mass is 238 g/mol. The maximum Gasteiger partial charge on any atom is 0.125 e. The van der Waals surface area contributed by atoms with Crippen molar-refractivity contribution in [3.8, 4) is 5.75 Å². The number of unbranched alkanes of at least 4 members (excludes halogenated alkanes) is 1. The average Bonchev–Trinajstić information content (AvgIpc) is 2.27. The molecule has 0 saturated carbocycles. The van der Waals surface area contributed by atoms with Gasteiger partial charge in [-0.3, -0.25) is 0 Å². The molecule has 0 aliphatic carbocycles. The molecule has 0 aromatic heterocycles. The molecule has 1 aromatic carbocycles. The van der Waals surface area contributed by atoms with Crippen molar-refractivity contribution in [2.75, 3.05) is 13.7 Å². The number of benzene rings is 1. The molecule has 0 bridgehead atoms. The quantitative estimate of drug-likeness (QED) is 0.749. The number of aliphatic hydroxyl groups excluding tert-OH is 2. The van der Waals surface area contributed by atoms with Gasteiger partial charge in [-0.2, -0.15) is 0 Å². The molecule has 3 heteroatoms. The summed E-state index contributed by atoms with van der Waals surface area (Å²) in [6.45, 7) is 4.17. The Bertz CT molecular complexity index is 361. The highest BCUT2D eigenvalue weighted by Crippen LogP contribution is 2.32. The van der Waals surface area contributed by atoms with Crippen molar-refractivity contribution < 1.29 is 14.9 Å². The van der Waals surface area contributed by atoms with Crippen LogP contribution in [0.1, 0.15) is 42.1 Å². The van der Waals surface area contributed by atoms with E-state index in [2.05, 4.69) is 0 Å². The molecule has 1 rings (SSSR count). The summed E-state index contributed by atoms with van der Waals surface area (Å²) >= 11 is 0. The molecule has 1 unspecified atom stereocenters. The van der Waals surface area contributed by atoms with E-state index in [0.29, 0.717) is 6.42 Å². The van der Waals surface area contributed by atoms with Crippen LogP contribution in [-0.4, -0.2) is 23.9 Å². The van der Waals surface area contributed by atoms with Crippen molar-refractivity contribution in [3.05, 3.63) is 28.8 Å². The smallest absolute Gasteiger partial charge is 0.125 e. The summed E-state index contributed by atoms with van der Waals surface area (Å²) < 4.78 is 5.33. The molecule has 0 aliphatic rings. The second-order valence-corrected chi connectivity index (χ2v) is 4.43. The van der Waals surface area contributed by atoms with Crippen LogP contribution in [0, 0.1) is 13.8 Å². The molecule has 0 saturated heterocycles. The number of aliphatic hydroxyl groups is 2. The minimum Gasteiger partial charge on any atom is -0.496 e. The zero-order valence-corrected chi connectivity index (χ0v) is 10.9. The molecular formula is C14H22O3. The Morgan fingerprint density at radius 3 is 2.53 bits per heavy atom. The van der Waals surface area contributed by atoms with Gasteiger partial charge in [0.2, 0.25) is 0 Å². The topological polar surface area (TPSA) is 49.7 Å². The highest BCUT2D eigenvalue weighted by atomic mass is 16.5. The van der Waals surface area contributed by atoms with Crippen LogP contribution in [-0.2, 0) is 0 Å². The Morgan fingerprint density at radius 1 is 1.24 bits per heavy atom.